The van der Waals surface area contributed by atoms with Crippen LogP contribution in [0.4, 0.5) is 5.69 Å². The summed E-state index contributed by atoms with van der Waals surface area (Å²) < 4.78 is 15.6. The molecule has 0 saturated carbocycles. The summed E-state index contributed by atoms with van der Waals surface area (Å²) in [5, 5.41) is 5.62. The summed E-state index contributed by atoms with van der Waals surface area (Å²) in [6.45, 7) is 0.531. The molecule has 0 radical (unpaired) electrons. The van der Waals surface area contributed by atoms with Crippen LogP contribution in [0.25, 0.3) is 0 Å². The van der Waals surface area contributed by atoms with E-state index in [4.69, 9.17) is 14.2 Å². The van der Waals surface area contributed by atoms with E-state index in [1.165, 1.54) is 0 Å². The monoisotopic (exact) mass is 401 g/mol. The fraction of sp³-hybridized carbons (Fsp3) is 0.333. The van der Waals surface area contributed by atoms with Crippen LogP contribution in [-0.4, -0.2) is 58.2 Å². The number of hydrogen-bond acceptors (Lipinski definition) is 6. The van der Waals surface area contributed by atoms with Gasteiger partial charge in [0.2, 0.25) is 11.8 Å². The van der Waals surface area contributed by atoms with Gasteiger partial charge in [0.1, 0.15) is 5.75 Å². The van der Waals surface area contributed by atoms with Crippen LogP contribution in [0, 0.1) is 0 Å². The van der Waals surface area contributed by atoms with E-state index >= 15 is 0 Å². The number of likely N-dealkylation sites (N-methyl/N-ethyl adjacent to an activating group) is 1. The molecule has 2 aromatic carbocycles. The fourth-order valence-corrected chi connectivity index (χ4v) is 2.69. The van der Waals surface area contributed by atoms with Gasteiger partial charge in [-0.15, -0.1) is 0 Å². The van der Waals surface area contributed by atoms with Crippen molar-refractivity contribution in [3.63, 3.8) is 0 Å². The molecule has 0 aliphatic heterocycles. The first-order valence-electron chi connectivity index (χ1n) is 9.05. The first-order chi connectivity index (χ1) is 13.9. The van der Waals surface area contributed by atoms with Crippen LogP contribution in [0.5, 0.6) is 17.2 Å². The summed E-state index contributed by atoms with van der Waals surface area (Å²) in [6.07, 6.45) is 0. The minimum atomic E-state index is -0.214. The number of anilines is 1. The Morgan fingerprint density at radius 2 is 1.62 bits per heavy atom. The third-order valence-corrected chi connectivity index (χ3v) is 4.12. The van der Waals surface area contributed by atoms with Crippen molar-refractivity contribution in [3.05, 3.63) is 48.0 Å². The van der Waals surface area contributed by atoms with Crippen molar-refractivity contribution < 1.29 is 23.8 Å². The Labute approximate surface area is 170 Å². The van der Waals surface area contributed by atoms with E-state index in [2.05, 4.69) is 10.6 Å². The standard InChI is InChI=1S/C21H27N3O5/c1-24(14-21(26)23-16-6-5-7-17(11-16)27-2)13-20(25)22-12-15-8-9-18(28-3)19(10-15)29-4/h5-11H,12-14H2,1-4H3,(H,22,25)(H,23,26). The maximum atomic E-state index is 12.2. The molecule has 29 heavy (non-hydrogen) atoms. The summed E-state index contributed by atoms with van der Waals surface area (Å²) in [7, 11) is 6.40. The summed E-state index contributed by atoms with van der Waals surface area (Å²) in [6, 6.07) is 12.5. The molecule has 0 fully saturated rings. The first kappa shape index (κ1) is 22.0. The Bertz CT molecular complexity index is 841. The topological polar surface area (TPSA) is 89.1 Å². The van der Waals surface area contributed by atoms with Crippen LogP contribution in [0.1, 0.15) is 5.56 Å². The zero-order chi connectivity index (χ0) is 21.2. The maximum Gasteiger partial charge on any atom is 0.238 e. The van der Waals surface area contributed by atoms with E-state index in [-0.39, 0.29) is 24.9 Å². The smallest absolute Gasteiger partial charge is 0.238 e. The molecule has 0 bridgehead atoms. The number of rotatable bonds is 10. The number of ether oxygens (including phenoxy) is 3. The molecule has 0 aliphatic rings. The minimum Gasteiger partial charge on any atom is -0.497 e. The van der Waals surface area contributed by atoms with Crippen molar-refractivity contribution in [2.75, 3.05) is 46.8 Å². The van der Waals surface area contributed by atoms with Crippen LogP contribution in [0.2, 0.25) is 0 Å². The van der Waals surface area contributed by atoms with Gasteiger partial charge in [-0.1, -0.05) is 12.1 Å². The third-order valence-electron chi connectivity index (χ3n) is 4.12. The highest BCUT2D eigenvalue weighted by Gasteiger charge is 2.12. The number of carbonyl (C=O) groups excluding carboxylic acids is 2. The van der Waals surface area contributed by atoms with E-state index in [1.54, 1.807) is 63.6 Å². The lowest BCUT2D eigenvalue weighted by Gasteiger charge is -2.16. The van der Waals surface area contributed by atoms with Crippen LogP contribution in [0.15, 0.2) is 42.5 Å². The molecule has 0 atom stereocenters. The Balaban J connectivity index is 1.79. The van der Waals surface area contributed by atoms with Gasteiger partial charge in [0.25, 0.3) is 0 Å². The number of amides is 2. The second-order valence-electron chi connectivity index (χ2n) is 6.42. The highest BCUT2D eigenvalue weighted by molar-refractivity contribution is 5.92. The minimum absolute atomic E-state index is 0.0843. The summed E-state index contributed by atoms with van der Waals surface area (Å²) in [5.74, 6) is 1.49. The van der Waals surface area contributed by atoms with Crippen molar-refractivity contribution in [3.8, 4) is 17.2 Å². The van der Waals surface area contributed by atoms with Gasteiger partial charge in [-0.3, -0.25) is 14.5 Å². The first-order valence-corrected chi connectivity index (χ1v) is 9.05. The largest absolute Gasteiger partial charge is 0.497 e. The fourth-order valence-electron chi connectivity index (χ4n) is 2.69. The molecule has 0 saturated heterocycles. The lowest BCUT2D eigenvalue weighted by atomic mass is 10.2. The summed E-state index contributed by atoms with van der Waals surface area (Å²) in [5.41, 5.74) is 1.52. The van der Waals surface area contributed by atoms with Gasteiger partial charge in [0.15, 0.2) is 11.5 Å². The lowest BCUT2D eigenvalue weighted by molar-refractivity contribution is -0.123. The number of nitrogens with one attached hydrogen (secondary N) is 2. The molecule has 0 heterocycles. The zero-order valence-corrected chi connectivity index (χ0v) is 17.2. The molecule has 2 aromatic rings. The quantitative estimate of drug-likeness (QED) is 0.632. The normalized spacial score (nSPS) is 10.4. The van der Waals surface area contributed by atoms with Crippen LogP contribution >= 0.6 is 0 Å². The highest BCUT2D eigenvalue weighted by atomic mass is 16.5. The van der Waals surface area contributed by atoms with Crippen molar-refractivity contribution in [1.82, 2.24) is 10.2 Å². The number of nitrogens with zero attached hydrogens (tertiary/aromatic N) is 1. The van der Waals surface area contributed by atoms with E-state index in [1.807, 2.05) is 12.1 Å². The molecule has 8 heteroatoms. The molecule has 0 aromatic heterocycles. The van der Waals surface area contributed by atoms with Gasteiger partial charge >= 0.3 is 0 Å². The number of benzene rings is 2. The lowest BCUT2D eigenvalue weighted by Crippen LogP contribution is -2.38. The van der Waals surface area contributed by atoms with Gasteiger partial charge in [-0.05, 0) is 36.9 Å². The van der Waals surface area contributed by atoms with Gasteiger partial charge in [0, 0.05) is 18.3 Å². The Morgan fingerprint density at radius 1 is 0.897 bits per heavy atom. The highest BCUT2D eigenvalue weighted by Crippen LogP contribution is 2.27. The Hall–Kier alpha value is -3.26. The van der Waals surface area contributed by atoms with E-state index < -0.39 is 0 Å². The van der Waals surface area contributed by atoms with E-state index in [9.17, 15) is 9.59 Å². The number of methoxy groups -OCH3 is 3. The van der Waals surface area contributed by atoms with Gasteiger partial charge in [-0.2, -0.15) is 0 Å². The molecule has 156 valence electrons. The molecule has 0 unspecified atom stereocenters. The van der Waals surface area contributed by atoms with Crippen molar-refractivity contribution >= 4 is 17.5 Å². The van der Waals surface area contributed by atoms with Crippen molar-refractivity contribution in [2.45, 2.75) is 6.54 Å². The molecule has 2 N–H and O–H groups in total. The van der Waals surface area contributed by atoms with Crippen LogP contribution < -0.4 is 24.8 Å². The molecular weight excluding hydrogens is 374 g/mol. The molecular formula is C21H27N3O5. The zero-order valence-electron chi connectivity index (χ0n) is 17.2. The SMILES string of the molecule is COc1cccc(NC(=O)CN(C)CC(=O)NCc2ccc(OC)c(OC)c2)c1. The van der Waals surface area contributed by atoms with Gasteiger partial charge in [0.05, 0.1) is 34.4 Å². The second kappa shape index (κ2) is 10.9. The predicted molar refractivity (Wildman–Crippen MR) is 111 cm³/mol. The molecule has 2 rings (SSSR count). The molecule has 0 spiro atoms. The molecule has 2 amide bonds. The summed E-state index contributed by atoms with van der Waals surface area (Å²) in [4.78, 5) is 26.0. The Morgan fingerprint density at radius 3 is 2.31 bits per heavy atom. The summed E-state index contributed by atoms with van der Waals surface area (Å²) >= 11 is 0. The van der Waals surface area contributed by atoms with Gasteiger partial charge in [-0.25, -0.2) is 0 Å². The average Bonchev–Trinajstić information content (AvgIpc) is 2.71. The van der Waals surface area contributed by atoms with Crippen molar-refractivity contribution in [1.29, 1.82) is 0 Å². The molecule has 0 aliphatic carbocycles. The third kappa shape index (κ3) is 7.00. The van der Waals surface area contributed by atoms with Crippen LogP contribution in [-0.2, 0) is 16.1 Å². The van der Waals surface area contributed by atoms with E-state index in [0.717, 1.165) is 5.56 Å². The predicted octanol–water partition coefficient (Wildman–Crippen LogP) is 1.90. The second-order valence-corrected chi connectivity index (χ2v) is 6.42. The maximum absolute atomic E-state index is 12.2. The van der Waals surface area contributed by atoms with Crippen molar-refractivity contribution in [2.24, 2.45) is 0 Å². The van der Waals surface area contributed by atoms with E-state index in [0.29, 0.717) is 29.5 Å². The number of carbonyl (C=O) groups is 2. The Kier molecular flexibility index (Phi) is 8.29. The van der Waals surface area contributed by atoms with Crippen LogP contribution in [0.3, 0.4) is 0 Å². The number of hydrogen-bond donors (Lipinski definition) is 2. The average molecular weight is 401 g/mol. The molecule has 8 nitrogen and oxygen atoms in total. The van der Waals surface area contributed by atoms with Gasteiger partial charge < -0.3 is 24.8 Å².